The van der Waals surface area contributed by atoms with Crippen LogP contribution in [0.25, 0.3) is 0 Å². The Balaban J connectivity index is 0.00000361. The molecule has 0 saturated heterocycles. The highest BCUT2D eigenvalue weighted by atomic mass is 127. The van der Waals surface area contributed by atoms with Gasteiger partial charge in [-0.15, -0.1) is 24.0 Å². The fourth-order valence-electron chi connectivity index (χ4n) is 2.58. The molecule has 0 heterocycles. The molecule has 1 rings (SSSR count). The van der Waals surface area contributed by atoms with Gasteiger partial charge in [0.2, 0.25) is 0 Å². The summed E-state index contributed by atoms with van der Waals surface area (Å²) < 4.78 is 5.40. The van der Waals surface area contributed by atoms with Gasteiger partial charge in [-0.25, -0.2) is 0 Å². The number of aliphatic imine (C=N–C) groups is 1. The van der Waals surface area contributed by atoms with Crippen molar-refractivity contribution in [2.45, 2.75) is 52.1 Å². The van der Waals surface area contributed by atoms with Gasteiger partial charge in [0.1, 0.15) is 0 Å². The number of ether oxygens (including phenoxy) is 1. The maximum atomic E-state index is 5.40. The molecule has 2 unspecified atom stereocenters. The second-order valence-electron chi connectivity index (χ2n) is 6.41. The molecule has 0 amide bonds. The highest BCUT2D eigenvalue weighted by Crippen LogP contribution is 2.27. The molecule has 0 aromatic rings. The molecule has 1 aliphatic carbocycles. The Hall–Kier alpha value is -0.0400. The average Bonchev–Trinajstić information content (AvgIpc) is 2.39. The summed E-state index contributed by atoms with van der Waals surface area (Å²) in [5, 5.41) is 6.76. The van der Waals surface area contributed by atoms with Crippen LogP contribution in [0.5, 0.6) is 0 Å². The first-order valence-electron chi connectivity index (χ1n) is 7.46. The van der Waals surface area contributed by atoms with Crippen LogP contribution in [0, 0.1) is 11.8 Å². The molecule has 0 aliphatic heterocycles. The molecule has 1 aliphatic rings. The van der Waals surface area contributed by atoms with Gasteiger partial charge in [-0.05, 0) is 38.5 Å². The van der Waals surface area contributed by atoms with Crippen molar-refractivity contribution in [3.8, 4) is 0 Å². The van der Waals surface area contributed by atoms with E-state index in [1.54, 1.807) is 7.11 Å². The first kappa shape index (κ1) is 20.0. The second kappa shape index (κ2) is 9.82. The lowest BCUT2D eigenvalue weighted by Crippen LogP contribution is -2.46. The number of hydrogen-bond donors (Lipinski definition) is 2. The Morgan fingerprint density at radius 2 is 2.00 bits per heavy atom. The van der Waals surface area contributed by atoms with Gasteiger partial charge < -0.3 is 15.4 Å². The number of halogens is 1. The largest absolute Gasteiger partial charge is 0.377 e. The summed E-state index contributed by atoms with van der Waals surface area (Å²) in [6.45, 7) is 8.27. The van der Waals surface area contributed by atoms with Gasteiger partial charge in [0, 0.05) is 27.2 Å². The van der Waals surface area contributed by atoms with E-state index in [0.29, 0.717) is 0 Å². The molecule has 0 aromatic heterocycles. The fourth-order valence-corrected chi connectivity index (χ4v) is 2.58. The summed E-state index contributed by atoms with van der Waals surface area (Å²) in [7, 11) is 3.56. The number of guanidine groups is 1. The Labute approximate surface area is 141 Å². The van der Waals surface area contributed by atoms with E-state index in [4.69, 9.17) is 4.74 Å². The van der Waals surface area contributed by atoms with Gasteiger partial charge in [-0.1, -0.05) is 19.8 Å². The molecule has 5 heteroatoms. The molecular formula is C15H32IN3O. The molecule has 1 fully saturated rings. The van der Waals surface area contributed by atoms with Gasteiger partial charge in [-0.2, -0.15) is 0 Å². The Bertz CT molecular complexity index is 295. The van der Waals surface area contributed by atoms with E-state index in [-0.39, 0.29) is 29.6 Å². The molecule has 0 spiro atoms. The van der Waals surface area contributed by atoms with E-state index in [0.717, 1.165) is 30.9 Å². The standard InChI is InChI=1S/C15H31N3O.HI/c1-12-7-6-8-13(9-12)10-17-14(16-4)18-11-15(2,3)19-5;/h12-13H,6-11H2,1-5H3,(H2,16,17,18);1H. The number of nitrogens with one attached hydrogen (secondary N) is 2. The third-order valence-electron chi connectivity index (χ3n) is 4.06. The van der Waals surface area contributed by atoms with Crippen molar-refractivity contribution in [1.82, 2.24) is 10.6 Å². The highest BCUT2D eigenvalue weighted by molar-refractivity contribution is 14.0. The van der Waals surface area contributed by atoms with Crippen LogP contribution >= 0.6 is 24.0 Å². The van der Waals surface area contributed by atoms with Crippen molar-refractivity contribution in [2.75, 3.05) is 27.2 Å². The van der Waals surface area contributed by atoms with E-state index in [9.17, 15) is 0 Å². The first-order chi connectivity index (χ1) is 8.96. The molecular weight excluding hydrogens is 365 g/mol. The molecule has 1 saturated carbocycles. The van der Waals surface area contributed by atoms with Gasteiger partial charge in [0.15, 0.2) is 5.96 Å². The molecule has 120 valence electrons. The minimum absolute atomic E-state index is 0. The second-order valence-corrected chi connectivity index (χ2v) is 6.41. The molecule has 4 nitrogen and oxygen atoms in total. The van der Waals surface area contributed by atoms with E-state index in [2.05, 4.69) is 36.4 Å². The van der Waals surface area contributed by atoms with Crippen LogP contribution in [0.2, 0.25) is 0 Å². The van der Waals surface area contributed by atoms with Crippen LogP contribution in [0.15, 0.2) is 4.99 Å². The summed E-state index contributed by atoms with van der Waals surface area (Å²) in [6, 6.07) is 0. The first-order valence-corrected chi connectivity index (χ1v) is 7.46. The molecule has 2 atom stereocenters. The lowest BCUT2D eigenvalue weighted by atomic mass is 9.82. The maximum absolute atomic E-state index is 5.40. The van der Waals surface area contributed by atoms with Crippen LogP contribution in [0.4, 0.5) is 0 Å². The molecule has 20 heavy (non-hydrogen) atoms. The lowest BCUT2D eigenvalue weighted by molar-refractivity contribution is 0.0268. The van der Waals surface area contributed by atoms with E-state index < -0.39 is 0 Å². The molecule has 2 N–H and O–H groups in total. The van der Waals surface area contributed by atoms with Crippen molar-refractivity contribution >= 4 is 29.9 Å². The number of nitrogens with zero attached hydrogens (tertiary/aromatic N) is 1. The highest BCUT2D eigenvalue weighted by Gasteiger charge is 2.20. The predicted octanol–water partition coefficient (Wildman–Crippen LogP) is 3.02. The van der Waals surface area contributed by atoms with Gasteiger partial charge in [-0.3, -0.25) is 4.99 Å². The van der Waals surface area contributed by atoms with Crippen molar-refractivity contribution in [1.29, 1.82) is 0 Å². The van der Waals surface area contributed by atoms with Gasteiger partial charge in [0.25, 0.3) is 0 Å². The van der Waals surface area contributed by atoms with Crippen molar-refractivity contribution < 1.29 is 4.74 Å². The summed E-state index contributed by atoms with van der Waals surface area (Å²) >= 11 is 0. The van der Waals surface area contributed by atoms with Crippen LogP contribution in [-0.2, 0) is 4.74 Å². The van der Waals surface area contributed by atoms with Crippen LogP contribution < -0.4 is 10.6 Å². The predicted molar refractivity (Wildman–Crippen MR) is 97.0 cm³/mol. The number of methoxy groups -OCH3 is 1. The van der Waals surface area contributed by atoms with Crippen LogP contribution in [0.3, 0.4) is 0 Å². The van der Waals surface area contributed by atoms with Gasteiger partial charge in [0.05, 0.1) is 5.60 Å². The minimum atomic E-state index is -0.170. The molecule has 0 radical (unpaired) electrons. The topological polar surface area (TPSA) is 45.7 Å². The van der Waals surface area contributed by atoms with E-state index in [1.807, 2.05) is 7.05 Å². The zero-order valence-electron chi connectivity index (χ0n) is 13.7. The summed E-state index contributed by atoms with van der Waals surface area (Å²) in [5.41, 5.74) is -0.170. The Morgan fingerprint density at radius 1 is 1.30 bits per heavy atom. The third kappa shape index (κ3) is 7.67. The zero-order valence-corrected chi connectivity index (χ0v) is 16.0. The summed E-state index contributed by atoms with van der Waals surface area (Å²) in [6.07, 6.45) is 5.45. The molecule has 0 bridgehead atoms. The Kier molecular flexibility index (Phi) is 9.80. The van der Waals surface area contributed by atoms with Crippen LogP contribution in [0.1, 0.15) is 46.5 Å². The lowest BCUT2D eigenvalue weighted by Gasteiger charge is -2.28. The van der Waals surface area contributed by atoms with E-state index in [1.165, 1.54) is 25.7 Å². The number of hydrogen-bond acceptors (Lipinski definition) is 2. The number of rotatable bonds is 5. The maximum Gasteiger partial charge on any atom is 0.191 e. The van der Waals surface area contributed by atoms with Crippen molar-refractivity contribution in [3.63, 3.8) is 0 Å². The molecule has 0 aromatic carbocycles. The fraction of sp³-hybridized carbons (Fsp3) is 0.933. The minimum Gasteiger partial charge on any atom is -0.377 e. The van der Waals surface area contributed by atoms with Crippen LogP contribution in [-0.4, -0.2) is 38.8 Å². The SMILES string of the molecule is CN=C(NCC1CCCC(C)C1)NCC(C)(C)OC.I. The monoisotopic (exact) mass is 397 g/mol. The summed E-state index contributed by atoms with van der Waals surface area (Å²) in [4.78, 5) is 4.27. The van der Waals surface area contributed by atoms with Crippen molar-refractivity contribution in [3.05, 3.63) is 0 Å². The van der Waals surface area contributed by atoms with Crippen molar-refractivity contribution in [2.24, 2.45) is 16.8 Å². The quantitative estimate of drug-likeness (QED) is 0.426. The third-order valence-corrected chi connectivity index (χ3v) is 4.06. The van der Waals surface area contributed by atoms with Gasteiger partial charge >= 0.3 is 0 Å². The Morgan fingerprint density at radius 3 is 2.55 bits per heavy atom. The summed E-state index contributed by atoms with van der Waals surface area (Å²) in [5.74, 6) is 2.55. The normalized spacial score (nSPS) is 23.9. The zero-order chi connectivity index (χ0) is 14.3. The van der Waals surface area contributed by atoms with E-state index >= 15 is 0 Å². The average molecular weight is 397 g/mol. The smallest absolute Gasteiger partial charge is 0.191 e.